The number of thioether (sulfide) groups is 1. The van der Waals surface area contributed by atoms with Crippen LogP contribution in [0.15, 0.2) is 59.8 Å². The number of imide groups is 1. The highest BCUT2D eigenvalue weighted by Gasteiger charge is 2.26. The van der Waals surface area contributed by atoms with Crippen LogP contribution in [0.1, 0.15) is 17.7 Å². The van der Waals surface area contributed by atoms with Crippen LogP contribution >= 0.6 is 11.8 Å². The highest BCUT2D eigenvalue weighted by atomic mass is 32.2. The first kappa shape index (κ1) is 19.4. The molecule has 0 aliphatic rings. The fraction of sp³-hybridized carbons (Fsp3) is 0.167. The topological polar surface area (TPSA) is 122 Å². The van der Waals surface area contributed by atoms with Crippen LogP contribution in [0.4, 0.5) is 4.79 Å². The van der Waals surface area contributed by atoms with Crippen LogP contribution in [-0.4, -0.2) is 43.8 Å². The molecule has 3 aromatic rings. The van der Waals surface area contributed by atoms with Gasteiger partial charge in [-0.1, -0.05) is 42.1 Å². The van der Waals surface area contributed by atoms with Gasteiger partial charge in [-0.05, 0) is 47.2 Å². The van der Waals surface area contributed by atoms with E-state index in [1.807, 2.05) is 18.2 Å². The number of carbonyl (C=O) groups is 2. The first-order valence-electron chi connectivity index (χ1n) is 8.46. The highest BCUT2D eigenvalue weighted by molar-refractivity contribution is 8.00. The van der Waals surface area contributed by atoms with Crippen LogP contribution < -0.4 is 10.6 Å². The van der Waals surface area contributed by atoms with Gasteiger partial charge < -0.3 is 10.4 Å². The number of urea groups is 1. The van der Waals surface area contributed by atoms with E-state index in [2.05, 4.69) is 26.2 Å². The zero-order valence-corrected chi connectivity index (χ0v) is 15.8. The Morgan fingerprint density at radius 3 is 2.54 bits per heavy atom. The minimum absolute atomic E-state index is 0.120. The maximum absolute atomic E-state index is 12.7. The van der Waals surface area contributed by atoms with E-state index in [0.717, 1.165) is 11.8 Å². The summed E-state index contributed by atoms with van der Waals surface area (Å²) in [6, 6.07) is 14.8. The van der Waals surface area contributed by atoms with Gasteiger partial charge in [0.1, 0.15) is 11.0 Å². The van der Waals surface area contributed by atoms with E-state index in [1.54, 1.807) is 31.2 Å². The molecule has 0 fully saturated rings. The van der Waals surface area contributed by atoms with Crippen LogP contribution in [-0.2, 0) is 4.79 Å². The minimum Gasteiger partial charge on any atom is -0.508 e. The normalized spacial score (nSPS) is 11.6. The van der Waals surface area contributed by atoms with Crippen LogP contribution in [0.2, 0.25) is 0 Å². The number of hydrogen-bond acceptors (Lipinski definition) is 7. The fourth-order valence-electron chi connectivity index (χ4n) is 2.40. The van der Waals surface area contributed by atoms with Crippen molar-refractivity contribution in [3.8, 4) is 11.4 Å². The third kappa shape index (κ3) is 4.65. The molecular weight excluding hydrogens is 380 g/mol. The second-order valence-electron chi connectivity index (χ2n) is 5.65. The molecule has 0 unspecified atom stereocenters. The minimum atomic E-state index is -0.745. The van der Waals surface area contributed by atoms with Gasteiger partial charge in [0.15, 0.2) is 0 Å². The van der Waals surface area contributed by atoms with E-state index in [4.69, 9.17) is 0 Å². The van der Waals surface area contributed by atoms with Crippen molar-refractivity contribution in [1.29, 1.82) is 0 Å². The molecule has 144 valence electrons. The van der Waals surface area contributed by atoms with E-state index in [9.17, 15) is 14.7 Å². The summed E-state index contributed by atoms with van der Waals surface area (Å²) in [6.07, 6.45) is 0. The molecule has 3 N–H and O–H groups in total. The van der Waals surface area contributed by atoms with Gasteiger partial charge in [0.05, 0.1) is 5.69 Å². The number of carbonyl (C=O) groups excluding carboxylic acids is 2. The Hall–Kier alpha value is -3.40. The number of amides is 3. The summed E-state index contributed by atoms with van der Waals surface area (Å²) in [5.74, 6) is -0.364. The molecule has 0 spiro atoms. The van der Waals surface area contributed by atoms with E-state index < -0.39 is 17.2 Å². The first-order valence-corrected chi connectivity index (χ1v) is 9.34. The predicted octanol–water partition coefficient (Wildman–Crippen LogP) is 2.05. The summed E-state index contributed by atoms with van der Waals surface area (Å²) in [7, 11) is 0. The van der Waals surface area contributed by atoms with Crippen molar-refractivity contribution in [3.63, 3.8) is 0 Å². The molecule has 28 heavy (non-hydrogen) atoms. The number of hydrogen-bond donors (Lipinski definition) is 3. The average molecular weight is 398 g/mol. The number of nitrogens with zero attached hydrogens (tertiary/aromatic N) is 4. The number of rotatable bonds is 6. The number of phenolic OH excluding ortho intramolecular Hbond substituents is 1. The third-order valence-electron chi connectivity index (χ3n) is 3.67. The predicted molar refractivity (Wildman–Crippen MR) is 103 cm³/mol. The molecule has 10 heteroatoms. The van der Waals surface area contributed by atoms with E-state index in [1.165, 1.54) is 16.8 Å². The molecule has 2 aromatic carbocycles. The molecule has 1 heterocycles. The van der Waals surface area contributed by atoms with E-state index >= 15 is 0 Å². The third-order valence-corrected chi connectivity index (χ3v) is 4.86. The monoisotopic (exact) mass is 398 g/mol. The number of nitrogens with one attached hydrogen (secondary N) is 2. The molecule has 1 atom stereocenters. The molecule has 3 rings (SSSR count). The molecule has 0 aliphatic heterocycles. The van der Waals surface area contributed by atoms with Crippen LogP contribution in [0, 0.1) is 0 Å². The zero-order valence-electron chi connectivity index (χ0n) is 14.9. The Morgan fingerprint density at radius 1 is 1.14 bits per heavy atom. The van der Waals surface area contributed by atoms with Crippen LogP contribution in [0.3, 0.4) is 0 Å². The van der Waals surface area contributed by atoms with Crippen molar-refractivity contribution in [2.75, 3.05) is 6.54 Å². The SMILES string of the molecule is CCNC(=O)NC(=O)[C@@H](Sc1nnnn1-c1ccc(O)cc1)c1ccccc1. The summed E-state index contributed by atoms with van der Waals surface area (Å²) in [4.78, 5) is 24.5. The lowest BCUT2D eigenvalue weighted by atomic mass is 10.1. The summed E-state index contributed by atoms with van der Waals surface area (Å²) in [5, 5.41) is 25.6. The standard InChI is InChI=1S/C18H18N6O3S/c1-2-19-17(27)20-16(26)15(12-6-4-3-5-7-12)28-18-21-22-23-24(18)13-8-10-14(25)11-9-13/h3-11,15,25H,2H2,1H3,(H2,19,20,26,27)/t15-/m0/s1. The number of benzene rings is 2. The Labute approximate surface area is 165 Å². The quantitative estimate of drug-likeness (QED) is 0.543. The van der Waals surface area contributed by atoms with E-state index in [-0.39, 0.29) is 5.75 Å². The second-order valence-corrected chi connectivity index (χ2v) is 6.72. The number of tetrazole rings is 1. The summed E-state index contributed by atoms with van der Waals surface area (Å²) in [5.41, 5.74) is 1.33. The van der Waals surface area contributed by atoms with Gasteiger partial charge >= 0.3 is 6.03 Å². The molecular formula is C18H18N6O3S. The van der Waals surface area contributed by atoms with Crippen molar-refractivity contribution in [2.24, 2.45) is 0 Å². The van der Waals surface area contributed by atoms with Gasteiger partial charge in [0.2, 0.25) is 11.1 Å². The van der Waals surface area contributed by atoms with Crippen molar-refractivity contribution in [1.82, 2.24) is 30.8 Å². The summed E-state index contributed by atoms with van der Waals surface area (Å²) in [6.45, 7) is 2.17. The molecule has 0 saturated carbocycles. The van der Waals surface area contributed by atoms with E-state index in [0.29, 0.717) is 23.0 Å². The highest BCUT2D eigenvalue weighted by Crippen LogP contribution is 2.35. The fourth-order valence-corrected chi connectivity index (χ4v) is 3.39. The number of phenols is 1. The average Bonchev–Trinajstić information content (AvgIpc) is 3.15. The number of aromatic nitrogens is 4. The maximum Gasteiger partial charge on any atom is 0.321 e. The Bertz CT molecular complexity index is 945. The van der Waals surface area contributed by atoms with Crippen molar-refractivity contribution < 1.29 is 14.7 Å². The molecule has 3 amide bonds. The van der Waals surface area contributed by atoms with Crippen molar-refractivity contribution in [3.05, 3.63) is 60.2 Å². The second kappa shape index (κ2) is 9.00. The largest absolute Gasteiger partial charge is 0.508 e. The summed E-state index contributed by atoms with van der Waals surface area (Å²) < 4.78 is 1.46. The first-order chi connectivity index (χ1) is 13.6. The lowest BCUT2D eigenvalue weighted by Crippen LogP contribution is -2.41. The lowest BCUT2D eigenvalue weighted by Gasteiger charge is -2.16. The van der Waals surface area contributed by atoms with Crippen LogP contribution in [0.5, 0.6) is 5.75 Å². The van der Waals surface area contributed by atoms with Crippen LogP contribution in [0.25, 0.3) is 5.69 Å². The molecule has 0 saturated heterocycles. The van der Waals surface area contributed by atoms with Gasteiger partial charge in [-0.15, -0.1) is 5.10 Å². The van der Waals surface area contributed by atoms with Gasteiger partial charge in [-0.25, -0.2) is 4.79 Å². The van der Waals surface area contributed by atoms with Gasteiger partial charge in [-0.3, -0.25) is 10.1 Å². The Morgan fingerprint density at radius 2 is 1.86 bits per heavy atom. The molecule has 0 radical (unpaired) electrons. The Kier molecular flexibility index (Phi) is 6.22. The summed E-state index contributed by atoms with van der Waals surface area (Å²) >= 11 is 1.11. The van der Waals surface area contributed by atoms with Crippen molar-refractivity contribution >= 4 is 23.7 Å². The lowest BCUT2D eigenvalue weighted by molar-refractivity contribution is -0.119. The maximum atomic E-state index is 12.7. The molecule has 0 bridgehead atoms. The molecule has 1 aromatic heterocycles. The van der Waals surface area contributed by atoms with Gasteiger partial charge in [0.25, 0.3) is 0 Å². The number of aromatic hydroxyl groups is 1. The van der Waals surface area contributed by atoms with Gasteiger partial charge in [0, 0.05) is 6.54 Å². The molecule has 9 nitrogen and oxygen atoms in total. The van der Waals surface area contributed by atoms with Crippen molar-refractivity contribution in [2.45, 2.75) is 17.3 Å². The van der Waals surface area contributed by atoms with Gasteiger partial charge in [-0.2, -0.15) is 4.68 Å². The smallest absolute Gasteiger partial charge is 0.321 e. The zero-order chi connectivity index (χ0) is 19.9. The molecule has 0 aliphatic carbocycles. The Balaban J connectivity index is 1.88.